The monoisotopic (exact) mass is 516 g/mol. The highest BCUT2D eigenvalue weighted by Crippen LogP contribution is 2.26. The quantitative estimate of drug-likeness (QED) is 0.245. The zero-order valence-corrected chi connectivity index (χ0v) is 21.2. The lowest BCUT2D eigenvalue weighted by atomic mass is 9.82. The predicted octanol–water partition coefficient (Wildman–Crippen LogP) is 1.89. The fraction of sp³-hybridized carbons (Fsp3) is 0.538. The van der Waals surface area contributed by atoms with Crippen molar-refractivity contribution in [2.75, 3.05) is 13.2 Å². The zero-order chi connectivity index (χ0) is 26.8. The second kappa shape index (κ2) is 13.9. The molecule has 37 heavy (non-hydrogen) atoms. The Kier molecular flexibility index (Phi) is 10.6. The van der Waals surface area contributed by atoms with Gasteiger partial charge in [-0.3, -0.25) is 19.8 Å². The number of aliphatic hydroxyl groups is 1. The van der Waals surface area contributed by atoms with Gasteiger partial charge in [-0.15, -0.1) is 0 Å². The molecule has 0 radical (unpaired) electrons. The summed E-state index contributed by atoms with van der Waals surface area (Å²) in [7, 11) is 0. The van der Waals surface area contributed by atoms with Crippen LogP contribution in [-0.4, -0.2) is 59.4 Å². The molecule has 2 aliphatic heterocycles. The zero-order valence-electron chi connectivity index (χ0n) is 21.2. The number of hydroxylamine groups is 1. The molecule has 1 unspecified atom stereocenters. The maximum atomic E-state index is 13.4. The standard InChI is InChI=1S/C26H36N4O7/c1-17(2)15-20(23(32)28-30-25(34)21(16-31)27-26(30)35)19(12-8-11-18-9-4-3-5-10-18)24(33)29-37-22-13-6-7-14-36-22/h3-5,8-11,17,19-22,31H,6-7,12-16H2,1-2H3,(H,27,35)(H,28,32)(H,29,33)/t19-,20+,21-,22?/m0/s1. The number of aliphatic hydroxyl groups excluding tert-OH is 1. The molecular formula is C26H36N4O7. The van der Waals surface area contributed by atoms with E-state index in [0.29, 0.717) is 24.5 Å². The van der Waals surface area contributed by atoms with Crippen LogP contribution in [-0.2, 0) is 24.0 Å². The molecule has 2 aliphatic rings. The fourth-order valence-electron chi connectivity index (χ4n) is 4.29. The number of imide groups is 1. The molecule has 3 rings (SSSR count). The van der Waals surface area contributed by atoms with Crippen molar-refractivity contribution < 1.29 is 33.9 Å². The van der Waals surface area contributed by atoms with Crippen molar-refractivity contribution in [2.24, 2.45) is 17.8 Å². The van der Waals surface area contributed by atoms with E-state index < -0.39 is 54.5 Å². The van der Waals surface area contributed by atoms with Crippen LogP contribution in [0.3, 0.4) is 0 Å². The highest BCUT2D eigenvalue weighted by molar-refractivity contribution is 6.05. The van der Waals surface area contributed by atoms with E-state index in [-0.39, 0.29) is 12.3 Å². The van der Waals surface area contributed by atoms with Crippen LogP contribution in [0.15, 0.2) is 36.4 Å². The third-order valence-electron chi connectivity index (χ3n) is 6.24. The van der Waals surface area contributed by atoms with Crippen molar-refractivity contribution in [1.82, 2.24) is 21.2 Å². The number of amides is 5. The Morgan fingerprint density at radius 3 is 2.57 bits per heavy atom. The summed E-state index contributed by atoms with van der Waals surface area (Å²) in [6, 6.07) is 7.56. The van der Waals surface area contributed by atoms with Crippen LogP contribution in [0.4, 0.5) is 4.79 Å². The van der Waals surface area contributed by atoms with Gasteiger partial charge in [0.05, 0.1) is 18.4 Å². The van der Waals surface area contributed by atoms with Crippen molar-refractivity contribution in [3.05, 3.63) is 42.0 Å². The summed E-state index contributed by atoms with van der Waals surface area (Å²) >= 11 is 0. The molecule has 0 spiro atoms. The van der Waals surface area contributed by atoms with Crippen LogP contribution < -0.4 is 16.2 Å². The number of carbonyl (C=O) groups is 4. The van der Waals surface area contributed by atoms with Gasteiger partial charge in [-0.05, 0) is 37.2 Å². The number of benzene rings is 1. The van der Waals surface area contributed by atoms with E-state index in [9.17, 15) is 24.3 Å². The third-order valence-corrected chi connectivity index (χ3v) is 6.24. The van der Waals surface area contributed by atoms with E-state index in [2.05, 4.69) is 16.2 Å². The van der Waals surface area contributed by atoms with Crippen LogP contribution in [0.5, 0.6) is 0 Å². The minimum absolute atomic E-state index is 0.0278. The number of hydrogen-bond acceptors (Lipinski definition) is 7. The van der Waals surface area contributed by atoms with Crippen molar-refractivity contribution in [1.29, 1.82) is 0 Å². The number of carbonyl (C=O) groups excluding carboxylic acids is 4. The lowest BCUT2D eigenvalue weighted by Crippen LogP contribution is -2.52. The van der Waals surface area contributed by atoms with Crippen molar-refractivity contribution in [3.8, 4) is 0 Å². The first-order valence-electron chi connectivity index (χ1n) is 12.6. The molecule has 2 saturated heterocycles. The molecule has 0 aromatic heterocycles. The Morgan fingerprint density at radius 2 is 1.95 bits per heavy atom. The van der Waals surface area contributed by atoms with Crippen LogP contribution in [0.25, 0.3) is 6.08 Å². The number of hydrogen-bond donors (Lipinski definition) is 4. The summed E-state index contributed by atoms with van der Waals surface area (Å²) in [6.45, 7) is 3.78. The largest absolute Gasteiger partial charge is 0.394 e. The molecule has 0 saturated carbocycles. The summed E-state index contributed by atoms with van der Waals surface area (Å²) in [6.07, 6.45) is 6.13. The Bertz CT molecular complexity index is 963. The molecule has 2 heterocycles. The Morgan fingerprint density at radius 1 is 1.19 bits per heavy atom. The normalized spacial score (nSPS) is 21.7. The van der Waals surface area contributed by atoms with Gasteiger partial charge in [-0.25, -0.2) is 15.1 Å². The molecular weight excluding hydrogens is 480 g/mol. The number of nitrogens with one attached hydrogen (secondary N) is 3. The van der Waals surface area contributed by atoms with Gasteiger partial charge in [0.1, 0.15) is 6.04 Å². The van der Waals surface area contributed by atoms with E-state index in [1.54, 1.807) is 0 Å². The predicted molar refractivity (Wildman–Crippen MR) is 134 cm³/mol. The molecule has 0 aliphatic carbocycles. The highest BCUT2D eigenvalue weighted by atomic mass is 16.8. The first-order valence-corrected chi connectivity index (χ1v) is 12.6. The Hall–Kier alpha value is -3.28. The molecule has 11 nitrogen and oxygen atoms in total. The van der Waals surface area contributed by atoms with E-state index in [0.717, 1.165) is 18.4 Å². The molecule has 11 heteroatoms. The SMILES string of the molecule is CC(C)C[C@@H](C(=O)NN1C(=O)N[C@@H](CO)C1=O)[C@H](CC=Cc1ccccc1)C(=O)NOC1CCCCO1. The average Bonchev–Trinajstić information content (AvgIpc) is 3.17. The maximum Gasteiger partial charge on any atom is 0.344 e. The summed E-state index contributed by atoms with van der Waals surface area (Å²) in [5, 5.41) is 12.1. The minimum Gasteiger partial charge on any atom is -0.394 e. The molecule has 4 N–H and O–H groups in total. The molecule has 0 bridgehead atoms. The Labute approximate surface area is 216 Å². The molecule has 1 aromatic carbocycles. The summed E-state index contributed by atoms with van der Waals surface area (Å²) in [5.74, 6) is -3.64. The van der Waals surface area contributed by atoms with Crippen molar-refractivity contribution in [2.45, 2.75) is 58.3 Å². The molecule has 4 atom stereocenters. The van der Waals surface area contributed by atoms with Crippen molar-refractivity contribution >= 4 is 29.8 Å². The lowest BCUT2D eigenvalue weighted by Gasteiger charge is -2.28. The molecule has 5 amide bonds. The number of ether oxygens (including phenoxy) is 1. The maximum absolute atomic E-state index is 13.4. The molecule has 2 fully saturated rings. The van der Waals surface area contributed by atoms with E-state index in [4.69, 9.17) is 9.57 Å². The molecule has 202 valence electrons. The second-order valence-electron chi connectivity index (χ2n) is 9.61. The number of hydrazine groups is 1. The van der Waals surface area contributed by atoms with Gasteiger partial charge in [0.2, 0.25) is 11.8 Å². The summed E-state index contributed by atoms with van der Waals surface area (Å²) in [5.41, 5.74) is 5.75. The van der Waals surface area contributed by atoms with Gasteiger partial charge in [0.15, 0.2) is 6.29 Å². The first-order chi connectivity index (χ1) is 17.8. The van der Waals surface area contributed by atoms with E-state index >= 15 is 0 Å². The first kappa shape index (κ1) is 28.3. The number of nitrogens with zero attached hydrogens (tertiary/aromatic N) is 1. The van der Waals surface area contributed by atoms with Crippen LogP contribution >= 0.6 is 0 Å². The van der Waals surface area contributed by atoms with Gasteiger partial charge in [-0.1, -0.05) is 56.3 Å². The average molecular weight is 517 g/mol. The van der Waals surface area contributed by atoms with Crippen molar-refractivity contribution in [3.63, 3.8) is 0 Å². The van der Waals surface area contributed by atoms with Gasteiger partial charge < -0.3 is 15.2 Å². The smallest absolute Gasteiger partial charge is 0.344 e. The Balaban J connectivity index is 1.78. The second-order valence-corrected chi connectivity index (χ2v) is 9.61. The number of allylic oxidation sites excluding steroid dienone is 1. The summed E-state index contributed by atoms with van der Waals surface area (Å²) in [4.78, 5) is 56.8. The number of rotatable bonds is 12. The van der Waals surface area contributed by atoms with E-state index in [1.807, 2.05) is 56.3 Å². The highest BCUT2D eigenvalue weighted by Gasteiger charge is 2.41. The topological polar surface area (TPSA) is 146 Å². The van der Waals surface area contributed by atoms with Gasteiger partial charge in [0, 0.05) is 13.0 Å². The van der Waals surface area contributed by atoms with Gasteiger partial charge >= 0.3 is 6.03 Å². The third kappa shape index (κ3) is 8.11. The molecule has 1 aromatic rings. The summed E-state index contributed by atoms with van der Waals surface area (Å²) < 4.78 is 5.51. The van der Waals surface area contributed by atoms with Gasteiger partial charge in [-0.2, -0.15) is 5.01 Å². The number of urea groups is 1. The fourth-order valence-corrected chi connectivity index (χ4v) is 4.29. The minimum atomic E-state index is -1.13. The van der Waals surface area contributed by atoms with Crippen LogP contribution in [0, 0.1) is 17.8 Å². The van der Waals surface area contributed by atoms with E-state index in [1.165, 1.54) is 0 Å². The lowest BCUT2D eigenvalue weighted by molar-refractivity contribution is -0.203. The van der Waals surface area contributed by atoms with Crippen LogP contribution in [0.1, 0.15) is 51.5 Å². The van der Waals surface area contributed by atoms with Gasteiger partial charge in [0.25, 0.3) is 5.91 Å². The van der Waals surface area contributed by atoms with Crippen LogP contribution in [0.2, 0.25) is 0 Å².